The number of aromatic nitrogens is 2. The Morgan fingerprint density at radius 3 is 2.57 bits per heavy atom. The molecule has 2 rings (SSSR count). The van der Waals surface area contributed by atoms with Crippen molar-refractivity contribution in [2.45, 2.75) is 45.1 Å². The molecule has 1 aromatic carbocycles. The van der Waals surface area contributed by atoms with Gasteiger partial charge in [-0.15, -0.1) is 22.6 Å². The molecule has 1 unspecified atom stereocenters. The Labute approximate surface area is 147 Å². The fraction of sp³-hybridized carbons (Fsp3) is 0.438. The molecule has 2 aromatic rings. The average Bonchev–Trinajstić information content (AvgIpc) is 2.97. The second kappa shape index (κ2) is 8.38. The van der Waals surface area contributed by atoms with Crippen LogP contribution in [0.1, 0.15) is 44.2 Å². The number of carbonyl (C=O) groups is 1. The molecular weight excluding hydrogens is 332 g/mol. The maximum absolute atomic E-state index is 11.9. The number of halogens is 1. The maximum Gasteiger partial charge on any atom is 0.243 e. The van der Waals surface area contributed by atoms with Crippen molar-refractivity contribution in [2.75, 3.05) is 5.32 Å². The Morgan fingerprint density at radius 2 is 1.96 bits per heavy atom. The van der Waals surface area contributed by atoms with E-state index in [2.05, 4.69) is 41.5 Å². The molecule has 0 aliphatic heterocycles. The number of rotatable bonds is 6. The summed E-state index contributed by atoms with van der Waals surface area (Å²) in [6.07, 6.45) is 1.53. The monoisotopic (exact) mass is 354 g/mol. The molecule has 1 heterocycles. The molecule has 0 fully saturated rings. The van der Waals surface area contributed by atoms with Gasteiger partial charge in [0.25, 0.3) is 0 Å². The van der Waals surface area contributed by atoms with Crippen LogP contribution in [0.25, 0.3) is 0 Å². The highest BCUT2D eigenvalue weighted by Crippen LogP contribution is 2.34. The largest absolute Gasteiger partial charge is 0.320 e. The summed E-state index contributed by atoms with van der Waals surface area (Å²) in [6, 6.07) is 9.63. The molecule has 0 saturated carbocycles. The first kappa shape index (κ1) is 19.5. The summed E-state index contributed by atoms with van der Waals surface area (Å²) >= 11 is 1.39. The lowest BCUT2D eigenvalue weighted by atomic mass is 9.85. The summed E-state index contributed by atoms with van der Waals surface area (Å²) in [5.74, 6) is -0.206. The van der Waals surface area contributed by atoms with Crippen molar-refractivity contribution >= 4 is 34.8 Å². The number of carbonyl (C=O) groups excluding carboxylic acids is 1. The molecular formula is C16H23ClN4OS. The van der Waals surface area contributed by atoms with Crippen molar-refractivity contribution in [2.24, 2.45) is 5.73 Å². The molecule has 0 radical (unpaired) electrons. The lowest BCUT2D eigenvalue weighted by molar-refractivity contribution is -0.117. The first-order valence-corrected chi connectivity index (χ1v) is 8.22. The zero-order valence-electron chi connectivity index (χ0n) is 13.6. The van der Waals surface area contributed by atoms with E-state index in [9.17, 15) is 4.79 Å². The molecule has 1 atom stereocenters. The minimum absolute atomic E-state index is 0. The van der Waals surface area contributed by atoms with E-state index in [4.69, 9.17) is 5.73 Å². The van der Waals surface area contributed by atoms with E-state index in [-0.39, 0.29) is 23.7 Å². The lowest BCUT2D eigenvalue weighted by Crippen LogP contribution is -2.35. The first-order chi connectivity index (χ1) is 10.4. The van der Waals surface area contributed by atoms with Crippen molar-refractivity contribution in [1.29, 1.82) is 0 Å². The third-order valence-corrected chi connectivity index (χ3v) is 4.78. The van der Waals surface area contributed by atoms with E-state index in [1.807, 2.05) is 25.1 Å². The zero-order valence-corrected chi connectivity index (χ0v) is 15.2. The summed E-state index contributed by atoms with van der Waals surface area (Å²) < 4.78 is 0. The van der Waals surface area contributed by atoms with E-state index in [0.29, 0.717) is 11.6 Å². The highest BCUT2D eigenvalue weighted by Gasteiger charge is 2.28. The van der Waals surface area contributed by atoms with Gasteiger partial charge in [0.15, 0.2) is 0 Å². The summed E-state index contributed by atoms with van der Waals surface area (Å²) in [5, 5.41) is 12.4. The lowest BCUT2D eigenvalue weighted by Gasteiger charge is -2.21. The number of nitrogens with two attached hydrogens (primary N) is 1. The van der Waals surface area contributed by atoms with Crippen LogP contribution in [0.5, 0.6) is 0 Å². The molecule has 1 amide bonds. The molecule has 0 aliphatic rings. The van der Waals surface area contributed by atoms with E-state index in [1.54, 1.807) is 0 Å². The average molecular weight is 355 g/mol. The van der Waals surface area contributed by atoms with Gasteiger partial charge in [-0.3, -0.25) is 10.1 Å². The van der Waals surface area contributed by atoms with Crippen LogP contribution in [-0.4, -0.2) is 22.1 Å². The summed E-state index contributed by atoms with van der Waals surface area (Å²) in [5.41, 5.74) is 6.71. The molecule has 0 saturated heterocycles. The number of anilines is 1. The van der Waals surface area contributed by atoms with Gasteiger partial charge >= 0.3 is 0 Å². The minimum atomic E-state index is -0.500. The van der Waals surface area contributed by atoms with Gasteiger partial charge in [0, 0.05) is 5.41 Å². The van der Waals surface area contributed by atoms with E-state index < -0.39 is 6.04 Å². The SMILES string of the molecule is CCCC(N)C(=O)Nc1nnc(C(C)(C)c2ccccc2)s1.Cl. The van der Waals surface area contributed by atoms with Crippen LogP contribution in [0.3, 0.4) is 0 Å². The Morgan fingerprint density at radius 1 is 1.30 bits per heavy atom. The maximum atomic E-state index is 11.9. The van der Waals surface area contributed by atoms with Gasteiger partial charge in [-0.2, -0.15) is 0 Å². The highest BCUT2D eigenvalue weighted by atomic mass is 35.5. The Hall–Kier alpha value is -1.50. The molecule has 5 nitrogen and oxygen atoms in total. The van der Waals surface area contributed by atoms with Crippen molar-refractivity contribution in [3.8, 4) is 0 Å². The van der Waals surface area contributed by atoms with Crippen LogP contribution < -0.4 is 11.1 Å². The smallest absolute Gasteiger partial charge is 0.243 e. The molecule has 0 bridgehead atoms. The summed E-state index contributed by atoms with van der Waals surface area (Å²) in [4.78, 5) is 11.9. The quantitative estimate of drug-likeness (QED) is 0.833. The zero-order chi connectivity index (χ0) is 16.2. The van der Waals surface area contributed by atoms with Gasteiger partial charge in [0.2, 0.25) is 11.0 Å². The van der Waals surface area contributed by atoms with Gasteiger partial charge < -0.3 is 5.73 Å². The third-order valence-electron chi connectivity index (χ3n) is 3.62. The fourth-order valence-electron chi connectivity index (χ4n) is 2.14. The second-order valence-electron chi connectivity index (χ2n) is 5.79. The third kappa shape index (κ3) is 4.73. The van der Waals surface area contributed by atoms with Crippen LogP contribution in [0.4, 0.5) is 5.13 Å². The van der Waals surface area contributed by atoms with Crippen LogP contribution in [-0.2, 0) is 10.2 Å². The Bertz CT molecular complexity index is 630. The second-order valence-corrected chi connectivity index (χ2v) is 6.77. The molecule has 0 aliphatic carbocycles. The molecule has 0 spiro atoms. The van der Waals surface area contributed by atoms with Gasteiger partial charge in [-0.1, -0.05) is 55.0 Å². The topological polar surface area (TPSA) is 80.9 Å². The van der Waals surface area contributed by atoms with Crippen molar-refractivity contribution in [1.82, 2.24) is 10.2 Å². The standard InChI is InChI=1S/C16H22N4OS.ClH/c1-4-8-12(17)13(21)18-15-20-19-14(22-15)16(2,3)11-9-6-5-7-10-11;/h5-7,9-10,12H,4,8,17H2,1-3H3,(H,18,20,21);1H. The van der Waals surface area contributed by atoms with Gasteiger partial charge in [-0.05, 0) is 25.8 Å². The predicted molar refractivity (Wildman–Crippen MR) is 97.2 cm³/mol. The normalized spacial score (nSPS) is 12.3. The molecule has 3 N–H and O–H groups in total. The molecule has 1 aromatic heterocycles. The first-order valence-electron chi connectivity index (χ1n) is 7.41. The van der Waals surface area contributed by atoms with Gasteiger partial charge in [0.1, 0.15) is 5.01 Å². The van der Waals surface area contributed by atoms with Crippen LogP contribution in [0.15, 0.2) is 30.3 Å². The van der Waals surface area contributed by atoms with Gasteiger partial charge in [-0.25, -0.2) is 0 Å². The fourth-order valence-corrected chi connectivity index (χ4v) is 3.02. The number of nitrogens with one attached hydrogen (secondary N) is 1. The predicted octanol–water partition coefficient (Wildman–Crippen LogP) is 3.35. The van der Waals surface area contributed by atoms with Crippen molar-refractivity contribution in [3.05, 3.63) is 40.9 Å². The minimum Gasteiger partial charge on any atom is -0.320 e. The number of amides is 1. The molecule has 7 heteroatoms. The van der Waals surface area contributed by atoms with E-state index in [0.717, 1.165) is 17.0 Å². The Kier molecular flexibility index (Phi) is 7.12. The van der Waals surface area contributed by atoms with Gasteiger partial charge in [0.05, 0.1) is 6.04 Å². The van der Waals surface area contributed by atoms with E-state index in [1.165, 1.54) is 11.3 Å². The van der Waals surface area contributed by atoms with Crippen molar-refractivity contribution in [3.63, 3.8) is 0 Å². The molecule has 126 valence electrons. The number of hydrogen-bond donors (Lipinski definition) is 2. The highest BCUT2D eigenvalue weighted by molar-refractivity contribution is 7.15. The number of nitrogens with zero attached hydrogens (tertiary/aromatic N) is 2. The van der Waals surface area contributed by atoms with Crippen LogP contribution >= 0.6 is 23.7 Å². The number of hydrogen-bond acceptors (Lipinski definition) is 5. The summed E-state index contributed by atoms with van der Waals surface area (Å²) in [6.45, 7) is 6.19. The summed E-state index contributed by atoms with van der Waals surface area (Å²) in [7, 11) is 0. The van der Waals surface area contributed by atoms with E-state index >= 15 is 0 Å². The number of benzene rings is 1. The van der Waals surface area contributed by atoms with Crippen LogP contribution in [0.2, 0.25) is 0 Å². The molecule has 23 heavy (non-hydrogen) atoms. The Balaban J connectivity index is 0.00000264. The van der Waals surface area contributed by atoms with Crippen molar-refractivity contribution < 1.29 is 4.79 Å². The van der Waals surface area contributed by atoms with Crippen LogP contribution in [0, 0.1) is 0 Å².